The Morgan fingerprint density at radius 3 is 2.55 bits per heavy atom. The molecule has 0 atom stereocenters. The van der Waals surface area contributed by atoms with Crippen LogP contribution in [-0.2, 0) is 23.1 Å². The minimum absolute atomic E-state index is 0.236. The Balaban J connectivity index is 1.14. The van der Waals surface area contributed by atoms with Gasteiger partial charge in [-0.25, -0.2) is 8.42 Å². The van der Waals surface area contributed by atoms with Crippen molar-refractivity contribution in [2.24, 2.45) is 0 Å². The highest BCUT2D eigenvalue weighted by Crippen LogP contribution is 2.28. The van der Waals surface area contributed by atoms with Crippen molar-refractivity contribution in [2.45, 2.75) is 36.2 Å². The lowest BCUT2D eigenvalue weighted by Crippen LogP contribution is -2.44. The summed E-state index contributed by atoms with van der Waals surface area (Å²) >= 11 is 1.20. The normalized spacial score (nSPS) is 15.0. The van der Waals surface area contributed by atoms with Crippen LogP contribution in [0.4, 0.5) is 0 Å². The number of piperidine rings is 1. The van der Waals surface area contributed by atoms with Crippen molar-refractivity contribution in [3.05, 3.63) is 94.9 Å². The smallest absolute Gasteiger partial charge is 0.252 e. The molecule has 7 nitrogen and oxygen atoms in total. The van der Waals surface area contributed by atoms with Crippen molar-refractivity contribution in [3.8, 4) is 5.75 Å². The zero-order valence-electron chi connectivity index (χ0n) is 21.2. The standard InChI is InChI=1S/C29H31N3O4S2/c1-36-25-10-5-8-22(18-25)29(33)31-20-26-12-13-28(37-26)38(34,35)32-16-14-24(15-17-32)30-19-23-9-4-7-21-6-2-3-11-27(21)23/h2-13,18,24,30H,14-17,19-20H2,1H3,(H,31,33). The van der Waals surface area contributed by atoms with Crippen LogP contribution in [0.3, 0.4) is 0 Å². The van der Waals surface area contributed by atoms with E-state index < -0.39 is 10.0 Å². The van der Waals surface area contributed by atoms with Gasteiger partial charge in [-0.2, -0.15) is 4.31 Å². The van der Waals surface area contributed by atoms with Gasteiger partial charge in [0.25, 0.3) is 15.9 Å². The Morgan fingerprint density at radius 1 is 0.974 bits per heavy atom. The zero-order chi connectivity index (χ0) is 26.5. The summed E-state index contributed by atoms with van der Waals surface area (Å²) in [5.74, 6) is 0.370. The molecule has 0 aliphatic carbocycles. The minimum atomic E-state index is -3.57. The topological polar surface area (TPSA) is 87.7 Å². The molecule has 1 saturated heterocycles. The number of amides is 1. The number of fused-ring (bicyclic) bond motifs is 1. The van der Waals surface area contributed by atoms with Crippen LogP contribution in [0.1, 0.15) is 33.6 Å². The molecule has 1 aromatic heterocycles. The maximum absolute atomic E-state index is 13.3. The van der Waals surface area contributed by atoms with E-state index in [1.807, 2.05) is 6.07 Å². The van der Waals surface area contributed by atoms with Crippen LogP contribution in [0.25, 0.3) is 10.8 Å². The zero-order valence-corrected chi connectivity index (χ0v) is 22.9. The molecule has 1 amide bonds. The van der Waals surface area contributed by atoms with Gasteiger partial charge < -0.3 is 15.4 Å². The van der Waals surface area contributed by atoms with Gasteiger partial charge in [-0.15, -0.1) is 11.3 Å². The minimum Gasteiger partial charge on any atom is -0.497 e. The first-order valence-corrected chi connectivity index (χ1v) is 14.9. The molecule has 2 heterocycles. The van der Waals surface area contributed by atoms with Gasteiger partial charge >= 0.3 is 0 Å². The van der Waals surface area contributed by atoms with Crippen molar-refractivity contribution in [2.75, 3.05) is 20.2 Å². The number of carbonyl (C=O) groups excluding carboxylic acids is 1. The summed E-state index contributed by atoms with van der Waals surface area (Å²) in [5, 5.41) is 8.95. The third-order valence-corrected chi connectivity index (χ3v) is 10.4. The van der Waals surface area contributed by atoms with E-state index in [9.17, 15) is 13.2 Å². The van der Waals surface area contributed by atoms with Gasteiger partial charge in [-0.05, 0) is 59.5 Å². The molecule has 198 valence electrons. The first-order valence-electron chi connectivity index (χ1n) is 12.7. The summed E-state index contributed by atoms with van der Waals surface area (Å²) in [7, 11) is -2.01. The van der Waals surface area contributed by atoms with E-state index in [1.54, 1.807) is 47.8 Å². The fraction of sp³-hybridized carbons (Fsp3) is 0.276. The van der Waals surface area contributed by atoms with E-state index >= 15 is 0 Å². The lowest BCUT2D eigenvalue weighted by Gasteiger charge is -2.31. The summed E-state index contributed by atoms with van der Waals surface area (Å²) < 4.78 is 33.6. The number of sulfonamides is 1. The summed E-state index contributed by atoms with van der Waals surface area (Å²) in [6, 6.07) is 25.3. The second-order valence-corrected chi connectivity index (χ2v) is 12.7. The molecule has 9 heteroatoms. The average Bonchev–Trinajstić information content (AvgIpc) is 3.45. The number of hydrogen-bond donors (Lipinski definition) is 2. The first-order chi connectivity index (χ1) is 18.4. The maximum atomic E-state index is 13.3. The third kappa shape index (κ3) is 5.91. The highest BCUT2D eigenvalue weighted by atomic mass is 32.2. The van der Waals surface area contributed by atoms with E-state index in [-0.39, 0.29) is 18.5 Å². The lowest BCUT2D eigenvalue weighted by molar-refractivity contribution is 0.0951. The van der Waals surface area contributed by atoms with Gasteiger partial charge in [0, 0.05) is 36.1 Å². The van der Waals surface area contributed by atoms with E-state index in [1.165, 1.54) is 27.7 Å². The second kappa shape index (κ2) is 11.7. The van der Waals surface area contributed by atoms with Crippen LogP contribution >= 0.6 is 11.3 Å². The monoisotopic (exact) mass is 549 g/mol. The van der Waals surface area contributed by atoms with Gasteiger partial charge in [0.1, 0.15) is 9.96 Å². The molecular weight excluding hydrogens is 518 g/mol. The van der Waals surface area contributed by atoms with Crippen LogP contribution in [0.2, 0.25) is 0 Å². The van der Waals surface area contributed by atoms with Crippen LogP contribution < -0.4 is 15.4 Å². The van der Waals surface area contributed by atoms with Gasteiger partial charge in [0.2, 0.25) is 0 Å². The number of methoxy groups -OCH3 is 1. The van der Waals surface area contributed by atoms with Crippen molar-refractivity contribution in [1.82, 2.24) is 14.9 Å². The Morgan fingerprint density at radius 2 is 1.74 bits per heavy atom. The van der Waals surface area contributed by atoms with Gasteiger partial charge in [0.05, 0.1) is 13.7 Å². The van der Waals surface area contributed by atoms with Gasteiger partial charge in [-0.3, -0.25) is 4.79 Å². The Kier molecular flexibility index (Phi) is 8.09. The summed E-state index contributed by atoms with van der Waals surface area (Å²) in [6.07, 6.45) is 1.53. The molecule has 3 aromatic carbocycles. The van der Waals surface area contributed by atoms with Crippen LogP contribution in [-0.4, -0.2) is 44.9 Å². The molecule has 4 aromatic rings. The lowest BCUT2D eigenvalue weighted by atomic mass is 10.0. The molecule has 38 heavy (non-hydrogen) atoms. The van der Waals surface area contributed by atoms with Gasteiger partial charge in [0.15, 0.2) is 0 Å². The van der Waals surface area contributed by atoms with Gasteiger partial charge in [-0.1, -0.05) is 48.5 Å². The Hall–Kier alpha value is -3.24. The number of nitrogens with zero attached hydrogens (tertiary/aromatic N) is 1. The highest BCUT2D eigenvalue weighted by Gasteiger charge is 2.30. The molecular formula is C29H31N3O4S2. The Labute approximate surface area is 227 Å². The molecule has 0 unspecified atom stereocenters. The first kappa shape index (κ1) is 26.4. The second-order valence-electron chi connectivity index (χ2n) is 9.33. The number of rotatable bonds is 9. The number of hydrogen-bond acceptors (Lipinski definition) is 6. The fourth-order valence-electron chi connectivity index (χ4n) is 4.75. The molecule has 2 N–H and O–H groups in total. The number of thiophene rings is 1. The number of ether oxygens (including phenoxy) is 1. The van der Waals surface area contributed by atoms with Crippen LogP contribution in [0.5, 0.6) is 5.75 Å². The largest absolute Gasteiger partial charge is 0.497 e. The average molecular weight is 550 g/mol. The molecule has 0 radical (unpaired) electrons. The van der Waals surface area contributed by atoms with Crippen molar-refractivity contribution >= 4 is 38.0 Å². The fourth-order valence-corrected chi connectivity index (χ4v) is 7.67. The summed E-state index contributed by atoms with van der Waals surface area (Å²) in [5.41, 5.74) is 1.74. The summed E-state index contributed by atoms with van der Waals surface area (Å²) in [4.78, 5) is 13.3. The predicted octanol–water partition coefficient (Wildman–Crippen LogP) is 4.78. The van der Waals surface area contributed by atoms with Crippen LogP contribution in [0.15, 0.2) is 83.1 Å². The molecule has 1 aliphatic rings. The molecule has 5 rings (SSSR count). The molecule has 0 spiro atoms. The van der Waals surface area contributed by atoms with Crippen LogP contribution in [0, 0.1) is 0 Å². The SMILES string of the molecule is COc1cccc(C(=O)NCc2ccc(S(=O)(=O)N3CCC(NCc4cccc5ccccc45)CC3)s2)c1. The molecule has 1 fully saturated rings. The molecule has 1 aliphatic heterocycles. The van der Waals surface area contributed by atoms with E-state index in [0.29, 0.717) is 28.6 Å². The molecule has 0 saturated carbocycles. The number of nitrogens with one attached hydrogen (secondary N) is 2. The summed E-state index contributed by atoms with van der Waals surface area (Å²) in [6.45, 7) is 1.98. The van der Waals surface area contributed by atoms with Crippen molar-refractivity contribution < 1.29 is 17.9 Å². The third-order valence-electron chi connectivity index (χ3n) is 6.90. The highest BCUT2D eigenvalue weighted by molar-refractivity contribution is 7.91. The number of carbonyl (C=O) groups is 1. The van der Waals surface area contributed by atoms with E-state index in [0.717, 1.165) is 24.3 Å². The maximum Gasteiger partial charge on any atom is 0.252 e. The van der Waals surface area contributed by atoms with Crippen molar-refractivity contribution in [3.63, 3.8) is 0 Å². The van der Waals surface area contributed by atoms with E-state index in [4.69, 9.17) is 4.74 Å². The van der Waals surface area contributed by atoms with E-state index in [2.05, 4.69) is 47.0 Å². The molecule has 0 bridgehead atoms. The quantitative estimate of drug-likeness (QED) is 0.314. The van der Waals surface area contributed by atoms with Crippen molar-refractivity contribution in [1.29, 1.82) is 0 Å². The Bertz CT molecular complexity index is 1520. The predicted molar refractivity (Wildman–Crippen MR) is 151 cm³/mol. The number of benzene rings is 3.